The maximum Gasteiger partial charge on any atom is 0.0718 e. The molecule has 1 unspecified atom stereocenters. The third-order valence-corrected chi connectivity index (χ3v) is 4.75. The Morgan fingerprint density at radius 2 is 2.00 bits per heavy atom. The second-order valence-electron chi connectivity index (χ2n) is 4.28. The molecule has 1 aromatic heterocycles. The van der Waals surface area contributed by atoms with Crippen LogP contribution in [0.15, 0.2) is 35.7 Å². The molecular weight excluding hydrogens is 355 g/mol. The number of aryl methyl sites for hydroxylation is 1. The van der Waals surface area contributed by atoms with Crippen LogP contribution in [-0.2, 0) is 6.42 Å². The predicted octanol–water partition coefficient (Wildman–Crippen LogP) is 3.86. The molecule has 0 fully saturated rings. The van der Waals surface area contributed by atoms with Gasteiger partial charge in [-0.3, -0.25) is 5.84 Å². The van der Waals surface area contributed by atoms with Gasteiger partial charge in [-0.25, -0.2) is 5.43 Å². The molecule has 0 spiro atoms. The average molecular weight is 372 g/mol. The summed E-state index contributed by atoms with van der Waals surface area (Å²) in [5.74, 6) is 5.69. The minimum atomic E-state index is 0.0837. The largest absolute Gasteiger partial charge is 0.271 e. The quantitative estimate of drug-likeness (QED) is 0.475. The lowest BCUT2D eigenvalue weighted by Crippen LogP contribution is -2.28. The van der Waals surface area contributed by atoms with Gasteiger partial charge in [0, 0.05) is 0 Å². The lowest BCUT2D eigenvalue weighted by Gasteiger charge is -2.15. The second kappa shape index (κ2) is 6.65. The van der Waals surface area contributed by atoms with E-state index in [1.54, 1.807) is 11.3 Å². The molecule has 0 saturated heterocycles. The first-order valence-corrected chi connectivity index (χ1v) is 7.99. The summed E-state index contributed by atoms with van der Waals surface area (Å²) in [4.78, 5) is 0. The van der Waals surface area contributed by atoms with E-state index in [2.05, 4.69) is 70.7 Å². The number of hydrazine groups is 1. The SMILES string of the molecule is CCCc1ccc(C(NN)c2csc(I)c2)cc1. The van der Waals surface area contributed by atoms with Gasteiger partial charge < -0.3 is 0 Å². The van der Waals surface area contributed by atoms with Gasteiger partial charge in [0.25, 0.3) is 0 Å². The van der Waals surface area contributed by atoms with E-state index in [4.69, 9.17) is 5.84 Å². The molecule has 0 saturated carbocycles. The van der Waals surface area contributed by atoms with Gasteiger partial charge in [0.2, 0.25) is 0 Å². The maximum absolute atomic E-state index is 5.69. The fraction of sp³-hybridized carbons (Fsp3) is 0.286. The number of rotatable bonds is 5. The highest BCUT2D eigenvalue weighted by molar-refractivity contribution is 14.1. The van der Waals surface area contributed by atoms with Crippen LogP contribution >= 0.6 is 33.9 Å². The maximum atomic E-state index is 5.69. The molecule has 1 heterocycles. The van der Waals surface area contributed by atoms with Crippen molar-refractivity contribution in [1.29, 1.82) is 0 Å². The molecule has 1 aromatic carbocycles. The molecule has 0 aliphatic rings. The van der Waals surface area contributed by atoms with Gasteiger partial charge >= 0.3 is 0 Å². The summed E-state index contributed by atoms with van der Waals surface area (Å²) in [6.45, 7) is 2.20. The Kier molecular flexibility index (Phi) is 5.17. The van der Waals surface area contributed by atoms with E-state index >= 15 is 0 Å². The molecule has 0 amide bonds. The topological polar surface area (TPSA) is 38.0 Å². The summed E-state index contributed by atoms with van der Waals surface area (Å²) >= 11 is 4.08. The van der Waals surface area contributed by atoms with Crippen LogP contribution in [-0.4, -0.2) is 0 Å². The van der Waals surface area contributed by atoms with Crippen molar-refractivity contribution in [2.75, 3.05) is 0 Å². The summed E-state index contributed by atoms with van der Waals surface area (Å²) in [7, 11) is 0. The lowest BCUT2D eigenvalue weighted by molar-refractivity contribution is 0.638. The lowest BCUT2D eigenvalue weighted by atomic mass is 9.99. The Morgan fingerprint density at radius 1 is 1.28 bits per heavy atom. The predicted molar refractivity (Wildman–Crippen MR) is 86.6 cm³/mol. The van der Waals surface area contributed by atoms with Gasteiger partial charge in [-0.2, -0.15) is 0 Å². The minimum absolute atomic E-state index is 0.0837. The van der Waals surface area contributed by atoms with Gasteiger partial charge in [-0.1, -0.05) is 37.6 Å². The number of halogens is 1. The van der Waals surface area contributed by atoms with E-state index < -0.39 is 0 Å². The van der Waals surface area contributed by atoms with Crippen molar-refractivity contribution in [3.63, 3.8) is 0 Å². The molecule has 3 N–H and O–H groups in total. The van der Waals surface area contributed by atoms with Crippen LogP contribution in [0.1, 0.15) is 36.1 Å². The molecule has 0 radical (unpaired) electrons. The molecule has 0 aliphatic heterocycles. The fourth-order valence-electron chi connectivity index (χ4n) is 2.03. The number of hydrogen-bond acceptors (Lipinski definition) is 3. The van der Waals surface area contributed by atoms with E-state index in [0.717, 1.165) is 6.42 Å². The second-order valence-corrected chi connectivity index (χ2v) is 7.08. The molecule has 4 heteroatoms. The number of thiophene rings is 1. The van der Waals surface area contributed by atoms with Crippen molar-refractivity contribution in [2.45, 2.75) is 25.8 Å². The van der Waals surface area contributed by atoms with Gasteiger partial charge in [0.1, 0.15) is 0 Å². The number of nitrogens with one attached hydrogen (secondary N) is 1. The van der Waals surface area contributed by atoms with Gasteiger partial charge in [0.15, 0.2) is 0 Å². The fourth-order valence-corrected chi connectivity index (χ4v) is 3.42. The zero-order valence-corrected chi connectivity index (χ0v) is 13.3. The van der Waals surface area contributed by atoms with E-state index in [0.29, 0.717) is 0 Å². The number of hydrogen-bond donors (Lipinski definition) is 2. The van der Waals surface area contributed by atoms with Crippen LogP contribution in [0.3, 0.4) is 0 Å². The van der Waals surface area contributed by atoms with Crippen molar-refractivity contribution in [3.05, 3.63) is 55.3 Å². The summed E-state index contributed by atoms with van der Waals surface area (Å²) in [5, 5.41) is 2.16. The van der Waals surface area contributed by atoms with E-state index in [-0.39, 0.29) is 6.04 Å². The molecule has 0 bridgehead atoms. The smallest absolute Gasteiger partial charge is 0.0718 e. The molecule has 2 nitrogen and oxygen atoms in total. The van der Waals surface area contributed by atoms with Gasteiger partial charge in [-0.05, 0) is 57.1 Å². The standard InChI is InChI=1S/C14H17IN2S/c1-2-3-10-4-6-11(7-5-10)14(17-16)12-8-13(15)18-9-12/h4-9,14,17H,2-3,16H2,1H3. The number of nitrogens with two attached hydrogens (primary N) is 1. The van der Waals surface area contributed by atoms with E-state index in [1.165, 1.54) is 26.0 Å². The molecule has 96 valence electrons. The van der Waals surface area contributed by atoms with Crippen LogP contribution in [0.5, 0.6) is 0 Å². The normalized spacial score (nSPS) is 12.6. The van der Waals surface area contributed by atoms with Crippen LogP contribution < -0.4 is 11.3 Å². The molecule has 2 aromatic rings. The Balaban J connectivity index is 2.22. The van der Waals surface area contributed by atoms with Gasteiger partial charge in [0.05, 0.1) is 8.93 Å². The first-order valence-electron chi connectivity index (χ1n) is 6.03. The van der Waals surface area contributed by atoms with E-state index in [1.807, 2.05) is 0 Å². The molecule has 0 aliphatic carbocycles. The minimum Gasteiger partial charge on any atom is -0.271 e. The highest BCUT2D eigenvalue weighted by Gasteiger charge is 2.13. The Labute approximate surface area is 126 Å². The van der Waals surface area contributed by atoms with Crippen molar-refractivity contribution in [3.8, 4) is 0 Å². The molecule has 2 rings (SSSR count). The molecular formula is C14H17IN2S. The van der Waals surface area contributed by atoms with Crippen molar-refractivity contribution >= 4 is 33.9 Å². The molecule has 18 heavy (non-hydrogen) atoms. The highest BCUT2D eigenvalue weighted by Crippen LogP contribution is 2.27. The first kappa shape index (κ1) is 14.0. The summed E-state index contributed by atoms with van der Waals surface area (Å²) in [6.07, 6.45) is 2.32. The van der Waals surface area contributed by atoms with Crippen LogP contribution in [0, 0.1) is 2.88 Å². The first-order chi connectivity index (χ1) is 8.74. The van der Waals surface area contributed by atoms with Crippen LogP contribution in [0.25, 0.3) is 0 Å². The third kappa shape index (κ3) is 3.32. The average Bonchev–Trinajstić information content (AvgIpc) is 2.79. The highest BCUT2D eigenvalue weighted by atomic mass is 127. The zero-order chi connectivity index (χ0) is 13.0. The number of benzene rings is 1. The van der Waals surface area contributed by atoms with Crippen molar-refractivity contribution < 1.29 is 0 Å². The van der Waals surface area contributed by atoms with E-state index in [9.17, 15) is 0 Å². The van der Waals surface area contributed by atoms with Crippen LogP contribution in [0.4, 0.5) is 0 Å². The molecule has 1 atom stereocenters. The van der Waals surface area contributed by atoms with Gasteiger partial charge in [-0.15, -0.1) is 11.3 Å². The zero-order valence-electron chi connectivity index (χ0n) is 10.3. The summed E-state index contributed by atoms with van der Waals surface area (Å²) in [5.41, 5.74) is 6.73. The van der Waals surface area contributed by atoms with Crippen molar-refractivity contribution in [2.24, 2.45) is 5.84 Å². The Hall–Kier alpha value is -0.430. The Bertz CT molecular complexity index is 493. The third-order valence-electron chi connectivity index (χ3n) is 2.94. The van der Waals surface area contributed by atoms with Crippen LogP contribution in [0.2, 0.25) is 0 Å². The summed E-state index contributed by atoms with van der Waals surface area (Å²) in [6, 6.07) is 11.0. The van der Waals surface area contributed by atoms with Crippen molar-refractivity contribution in [1.82, 2.24) is 5.43 Å². The Morgan fingerprint density at radius 3 is 2.50 bits per heavy atom. The summed E-state index contributed by atoms with van der Waals surface area (Å²) < 4.78 is 1.28. The monoisotopic (exact) mass is 372 g/mol.